The Bertz CT molecular complexity index is 524. The number of sulfonamides is 1. The molecule has 86 valence electrons. The topological polar surface area (TPSA) is 83.5 Å². The number of aromatic carboxylic acids is 1. The average Bonchev–Trinajstić information content (AvgIpc) is 2.67. The highest BCUT2D eigenvalue weighted by molar-refractivity contribution is 7.91. The summed E-state index contributed by atoms with van der Waals surface area (Å²) in [7, 11) is -3.64. The molecule has 0 bridgehead atoms. The molecule has 0 aliphatic rings. The molecule has 5 nitrogen and oxygen atoms in total. The Balaban J connectivity index is 2.83. The maximum absolute atomic E-state index is 11.6. The van der Waals surface area contributed by atoms with Crippen LogP contribution in [0.25, 0.3) is 0 Å². The predicted molar refractivity (Wildman–Crippen MR) is 59.9 cm³/mol. The number of terminal acetylenes is 1. The predicted octanol–water partition coefficient (Wildman–Crippen LogP) is 0.748. The summed E-state index contributed by atoms with van der Waals surface area (Å²) in [5, 5.41) is 9.92. The monoisotopic (exact) mass is 259 g/mol. The van der Waals surface area contributed by atoms with Crippen LogP contribution in [-0.4, -0.2) is 26.0 Å². The maximum atomic E-state index is 11.6. The quantitative estimate of drug-likeness (QED) is 0.603. The Morgan fingerprint density at radius 2 is 2.31 bits per heavy atom. The van der Waals surface area contributed by atoms with Crippen molar-refractivity contribution >= 4 is 27.3 Å². The van der Waals surface area contributed by atoms with Crippen LogP contribution < -0.4 is 4.72 Å². The molecule has 1 aromatic heterocycles. The van der Waals surface area contributed by atoms with Gasteiger partial charge in [-0.25, -0.2) is 17.9 Å². The van der Waals surface area contributed by atoms with Gasteiger partial charge in [-0.15, -0.1) is 23.7 Å². The maximum Gasteiger partial charge on any atom is 0.336 e. The first-order valence-corrected chi connectivity index (χ1v) is 6.58. The van der Waals surface area contributed by atoms with Gasteiger partial charge < -0.3 is 5.11 Å². The minimum Gasteiger partial charge on any atom is -0.478 e. The molecular weight excluding hydrogens is 250 g/mol. The Morgan fingerprint density at radius 3 is 2.81 bits per heavy atom. The van der Waals surface area contributed by atoms with Crippen LogP contribution in [0.2, 0.25) is 0 Å². The largest absolute Gasteiger partial charge is 0.478 e. The lowest BCUT2D eigenvalue weighted by Crippen LogP contribution is -2.23. The van der Waals surface area contributed by atoms with Gasteiger partial charge in [-0.3, -0.25) is 0 Å². The number of carbonyl (C=O) groups is 1. The molecule has 0 fully saturated rings. The number of rotatable bonds is 5. The first kappa shape index (κ1) is 12.7. The van der Waals surface area contributed by atoms with Crippen LogP contribution in [0.5, 0.6) is 0 Å². The van der Waals surface area contributed by atoms with Gasteiger partial charge in [0.25, 0.3) is 0 Å². The third-order valence-corrected chi connectivity index (χ3v) is 4.55. The van der Waals surface area contributed by atoms with E-state index in [9.17, 15) is 13.2 Å². The van der Waals surface area contributed by atoms with Crippen molar-refractivity contribution in [1.82, 2.24) is 4.72 Å². The van der Waals surface area contributed by atoms with Gasteiger partial charge in [-0.2, -0.15) is 0 Å². The molecule has 1 aromatic rings. The van der Waals surface area contributed by atoms with Crippen LogP contribution in [0.3, 0.4) is 0 Å². The van der Waals surface area contributed by atoms with Gasteiger partial charge in [0.2, 0.25) is 10.0 Å². The first-order chi connectivity index (χ1) is 7.47. The molecule has 0 radical (unpaired) electrons. The summed E-state index contributed by atoms with van der Waals surface area (Å²) >= 11 is 0.860. The van der Waals surface area contributed by atoms with E-state index in [1.165, 1.54) is 5.38 Å². The summed E-state index contributed by atoms with van der Waals surface area (Å²) < 4.78 is 25.4. The van der Waals surface area contributed by atoms with Crippen molar-refractivity contribution in [2.45, 2.75) is 10.6 Å². The minimum absolute atomic E-state index is 0.0260. The fraction of sp³-hybridized carbons (Fsp3) is 0.222. The molecule has 0 atom stereocenters. The zero-order valence-corrected chi connectivity index (χ0v) is 9.77. The number of hydrogen-bond acceptors (Lipinski definition) is 4. The lowest BCUT2D eigenvalue weighted by atomic mass is 10.4. The molecule has 0 aromatic carbocycles. The van der Waals surface area contributed by atoms with Crippen LogP contribution in [0.1, 0.15) is 16.8 Å². The normalized spacial score (nSPS) is 10.9. The molecule has 0 aliphatic heterocycles. The Morgan fingerprint density at radius 1 is 1.62 bits per heavy atom. The van der Waals surface area contributed by atoms with Crippen molar-refractivity contribution in [3.8, 4) is 12.3 Å². The van der Waals surface area contributed by atoms with E-state index in [4.69, 9.17) is 11.5 Å². The molecule has 0 saturated heterocycles. The standard InChI is InChI=1S/C9H9NO4S2/c1-2-3-4-10-16(13,14)8-5-7(6-15-8)9(11)12/h1,5-6,10H,3-4H2,(H,11,12). The van der Waals surface area contributed by atoms with E-state index in [0.717, 1.165) is 17.4 Å². The summed E-state index contributed by atoms with van der Waals surface area (Å²) in [6.07, 6.45) is 5.27. The average molecular weight is 259 g/mol. The van der Waals surface area contributed by atoms with Gasteiger partial charge in [0, 0.05) is 18.3 Å². The highest BCUT2D eigenvalue weighted by Crippen LogP contribution is 2.19. The second kappa shape index (κ2) is 5.12. The first-order valence-electron chi connectivity index (χ1n) is 4.22. The highest BCUT2D eigenvalue weighted by Gasteiger charge is 2.17. The van der Waals surface area contributed by atoms with E-state index >= 15 is 0 Å². The molecule has 1 rings (SSSR count). The van der Waals surface area contributed by atoms with Crippen molar-refractivity contribution in [3.05, 3.63) is 17.0 Å². The lowest BCUT2D eigenvalue weighted by molar-refractivity contribution is 0.0697. The fourth-order valence-electron chi connectivity index (χ4n) is 0.898. The van der Waals surface area contributed by atoms with Gasteiger partial charge in [-0.05, 0) is 6.07 Å². The van der Waals surface area contributed by atoms with Crippen LogP contribution in [0, 0.1) is 12.3 Å². The van der Waals surface area contributed by atoms with Crippen molar-refractivity contribution in [2.75, 3.05) is 6.54 Å². The smallest absolute Gasteiger partial charge is 0.336 e. The van der Waals surface area contributed by atoms with Gasteiger partial charge in [0.1, 0.15) is 4.21 Å². The third-order valence-electron chi connectivity index (χ3n) is 1.65. The van der Waals surface area contributed by atoms with E-state index in [2.05, 4.69) is 10.6 Å². The molecule has 0 amide bonds. The number of thiophene rings is 1. The summed E-state index contributed by atoms with van der Waals surface area (Å²) in [4.78, 5) is 10.6. The molecule has 16 heavy (non-hydrogen) atoms. The molecule has 2 N–H and O–H groups in total. The minimum atomic E-state index is -3.64. The molecule has 0 unspecified atom stereocenters. The molecule has 0 spiro atoms. The van der Waals surface area contributed by atoms with Gasteiger partial charge in [0.15, 0.2) is 0 Å². The Labute approximate surface area is 97.2 Å². The molecule has 0 saturated carbocycles. The Hall–Kier alpha value is -1.36. The zero-order chi connectivity index (χ0) is 12.2. The van der Waals surface area contributed by atoms with Crippen molar-refractivity contribution in [3.63, 3.8) is 0 Å². The van der Waals surface area contributed by atoms with E-state index in [-0.39, 0.29) is 22.7 Å². The van der Waals surface area contributed by atoms with Gasteiger partial charge in [0.05, 0.1) is 5.56 Å². The summed E-state index contributed by atoms with van der Waals surface area (Å²) in [5.41, 5.74) is -0.0395. The van der Waals surface area contributed by atoms with Gasteiger partial charge in [-0.1, -0.05) is 0 Å². The van der Waals surface area contributed by atoms with E-state index in [1.807, 2.05) is 0 Å². The van der Waals surface area contributed by atoms with E-state index in [0.29, 0.717) is 0 Å². The fourth-order valence-corrected chi connectivity index (χ4v) is 3.13. The zero-order valence-electron chi connectivity index (χ0n) is 8.13. The highest BCUT2D eigenvalue weighted by atomic mass is 32.2. The second-order valence-corrected chi connectivity index (χ2v) is 5.72. The van der Waals surface area contributed by atoms with Crippen LogP contribution >= 0.6 is 11.3 Å². The number of carboxylic acid groups (broad SMARTS) is 1. The van der Waals surface area contributed by atoms with Crippen molar-refractivity contribution in [2.24, 2.45) is 0 Å². The van der Waals surface area contributed by atoms with E-state index < -0.39 is 16.0 Å². The SMILES string of the molecule is C#CCCNS(=O)(=O)c1cc(C(=O)O)cs1. The number of nitrogens with one attached hydrogen (secondary N) is 1. The van der Waals surface area contributed by atoms with E-state index in [1.54, 1.807) is 0 Å². The molecule has 1 heterocycles. The van der Waals surface area contributed by atoms with Crippen molar-refractivity contribution < 1.29 is 18.3 Å². The van der Waals surface area contributed by atoms with Crippen molar-refractivity contribution in [1.29, 1.82) is 0 Å². The molecular formula is C9H9NO4S2. The summed E-state index contributed by atoms with van der Waals surface area (Å²) in [5.74, 6) is 1.15. The van der Waals surface area contributed by atoms with Crippen LogP contribution in [-0.2, 0) is 10.0 Å². The number of hydrogen-bond donors (Lipinski definition) is 2. The summed E-state index contributed by atoms with van der Waals surface area (Å²) in [6, 6.07) is 1.12. The van der Waals surface area contributed by atoms with Crippen LogP contribution in [0.15, 0.2) is 15.7 Å². The second-order valence-electron chi connectivity index (χ2n) is 2.81. The van der Waals surface area contributed by atoms with Crippen LogP contribution in [0.4, 0.5) is 0 Å². The van der Waals surface area contributed by atoms with Gasteiger partial charge >= 0.3 is 5.97 Å². The Kier molecular flexibility index (Phi) is 4.06. The lowest BCUT2D eigenvalue weighted by Gasteiger charge is -2.01. The summed E-state index contributed by atoms with van der Waals surface area (Å²) in [6.45, 7) is 0.138. The number of carboxylic acids is 1. The molecule has 7 heteroatoms. The third kappa shape index (κ3) is 3.06. The molecule has 0 aliphatic carbocycles.